The molecule has 142 valence electrons. The van der Waals surface area contributed by atoms with Gasteiger partial charge in [-0.15, -0.1) is 0 Å². The number of aromatic nitrogens is 4. The molecule has 0 bridgehead atoms. The number of nitrogens with zero attached hydrogens (tertiary/aromatic N) is 4. The Morgan fingerprint density at radius 1 is 1.18 bits per heavy atom. The second kappa shape index (κ2) is 7.87. The highest BCUT2D eigenvalue weighted by Gasteiger charge is 2.12. The molecular weight excluding hydrogens is 363 g/mol. The number of hydrogen-bond acceptors (Lipinski definition) is 6. The van der Waals surface area contributed by atoms with Crippen molar-refractivity contribution in [3.63, 3.8) is 0 Å². The minimum Gasteiger partial charge on any atom is -0.467 e. The van der Waals surface area contributed by atoms with E-state index in [0.29, 0.717) is 24.6 Å². The first-order valence-electron chi connectivity index (χ1n) is 8.68. The van der Waals surface area contributed by atoms with Crippen LogP contribution in [0, 0.1) is 5.82 Å². The number of furan rings is 1. The molecule has 0 saturated carbocycles. The molecular formula is C19H17FN6O2. The molecule has 1 aromatic carbocycles. The lowest BCUT2D eigenvalue weighted by atomic mass is 10.2. The van der Waals surface area contributed by atoms with Gasteiger partial charge in [0.05, 0.1) is 36.5 Å². The highest BCUT2D eigenvalue weighted by molar-refractivity contribution is 5.94. The van der Waals surface area contributed by atoms with Crippen molar-refractivity contribution in [3.05, 3.63) is 72.3 Å². The first-order chi connectivity index (χ1) is 13.7. The molecule has 0 aliphatic heterocycles. The Morgan fingerprint density at radius 3 is 2.89 bits per heavy atom. The number of amides is 1. The van der Waals surface area contributed by atoms with Crippen LogP contribution in [0.5, 0.6) is 0 Å². The molecule has 8 nitrogen and oxygen atoms in total. The predicted octanol–water partition coefficient (Wildman–Crippen LogP) is 2.60. The fraction of sp³-hybridized carbons (Fsp3) is 0.158. The highest BCUT2D eigenvalue weighted by atomic mass is 19.1. The number of hydrogen-bond donors (Lipinski definition) is 2. The molecule has 0 aliphatic carbocycles. The Labute approximate surface area is 159 Å². The van der Waals surface area contributed by atoms with Gasteiger partial charge in [0.2, 0.25) is 0 Å². The molecule has 9 heteroatoms. The van der Waals surface area contributed by atoms with E-state index in [0.717, 1.165) is 11.1 Å². The summed E-state index contributed by atoms with van der Waals surface area (Å²) in [6.45, 7) is 1.16. The van der Waals surface area contributed by atoms with E-state index in [2.05, 4.69) is 25.7 Å². The Morgan fingerprint density at radius 2 is 2.07 bits per heavy atom. The minimum absolute atomic E-state index is 0.0135. The van der Waals surface area contributed by atoms with Crippen molar-refractivity contribution in [2.24, 2.45) is 0 Å². The zero-order valence-electron chi connectivity index (χ0n) is 14.8. The lowest BCUT2D eigenvalue weighted by molar-refractivity contribution is 0.0948. The van der Waals surface area contributed by atoms with Crippen LogP contribution >= 0.6 is 0 Å². The minimum atomic E-state index is -0.551. The van der Waals surface area contributed by atoms with Gasteiger partial charge < -0.3 is 15.1 Å². The number of fused-ring (bicyclic) bond motifs is 1. The van der Waals surface area contributed by atoms with Crippen LogP contribution in [0.2, 0.25) is 0 Å². The van der Waals surface area contributed by atoms with E-state index in [1.165, 1.54) is 18.5 Å². The fourth-order valence-corrected chi connectivity index (χ4v) is 2.80. The molecule has 0 spiro atoms. The summed E-state index contributed by atoms with van der Waals surface area (Å²) in [7, 11) is 0. The third-order valence-electron chi connectivity index (χ3n) is 4.17. The maximum Gasteiger partial charge on any atom is 0.254 e. The lowest BCUT2D eigenvalue weighted by Gasteiger charge is -2.07. The quantitative estimate of drug-likeness (QED) is 0.511. The van der Waals surface area contributed by atoms with Gasteiger partial charge in [0.15, 0.2) is 5.65 Å². The number of nitrogens with one attached hydrogen (secondary N) is 2. The van der Waals surface area contributed by atoms with Crippen molar-refractivity contribution >= 4 is 22.8 Å². The van der Waals surface area contributed by atoms with Crippen molar-refractivity contribution < 1.29 is 13.6 Å². The number of rotatable bonds is 7. The van der Waals surface area contributed by atoms with Crippen LogP contribution in [0.4, 0.5) is 10.2 Å². The van der Waals surface area contributed by atoms with Gasteiger partial charge in [-0.25, -0.2) is 19.0 Å². The van der Waals surface area contributed by atoms with Crippen molar-refractivity contribution in [1.29, 1.82) is 0 Å². The molecule has 0 fully saturated rings. The Kier molecular flexibility index (Phi) is 4.96. The zero-order valence-corrected chi connectivity index (χ0v) is 14.8. The van der Waals surface area contributed by atoms with Crippen LogP contribution in [-0.2, 0) is 13.1 Å². The molecule has 3 aromatic heterocycles. The molecule has 0 radical (unpaired) electrons. The standard InChI is InChI=1S/C19H17FN6O2/c20-16-6-2-1-5-14(16)19(27)21-7-8-26-18-15(11-25-26)17(23-12-24-18)22-10-13-4-3-9-28-13/h1-6,9,11-12H,7-8,10H2,(H,21,27)(H,22,23,24). The molecule has 0 aliphatic rings. The Hall–Kier alpha value is -3.75. The average molecular weight is 380 g/mol. The van der Waals surface area contributed by atoms with E-state index in [4.69, 9.17) is 4.42 Å². The maximum absolute atomic E-state index is 13.7. The Balaban J connectivity index is 1.41. The Bertz CT molecular complexity index is 1090. The second-order valence-corrected chi connectivity index (χ2v) is 6.00. The number of halogens is 1. The monoisotopic (exact) mass is 380 g/mol. The lowest BCUT2D eigenvalue weighted by Crippen LogP contribution is -2.28. The summed E-state index contributed by atoms with van der Waals surface area (Å²) in [6.07, 6.45) is 4.72. The molecule has 1 amide bonds. The van der Waals surface area contributed by atoms with Crippen LogP contribution in [0.25, 0.3) is 11.0 Å². The van der Waals surface area contributed by atoms with E-state index in [-0.39, 0.29) is 12.1 Å². The molecule has 4 aromatic rings. The molecule has 4 rings (SSSR count). The summed E-state index contributed by atoms with van der Waals surface area (Å²) in [5.74, 6) is 0.410. The van der Waals surface area contributed by atoms with Gasteiger partial charge in [0, 0.05) is 6.54 Å². The SMILES string of the molecule is O=C(NCCn1ncc2c(NCc3ccco3)ncnc21)c1ccccc1F. The van der Waals surface area contributed by atoms with Gasteiger partial charge in [0.25, 0.3) is 5.91 Å². The maximum atomic E-state index is 13.7. The predicted molar refractivity (Wildman–Crippen MR) is 100 cm³/mol. The first kappa shape index (κ1) is 17.7. The number of carbonyl (C=O) groups is 1. The normalized spacial score (nSPS) is 10.9. The number of anilines is 1. The molecule has 0 unspecified atom stereocenters. The van der Waals surface area contributed by atoms with E-state index in [1.54, 1.807) is 29.3 Å². The van der Waals surface area contributed by atoms with E-state index < -0.39 is 11.7 Å². The van der Waals surface area contributed by atoms with Gasteiger partial charge in [-0.2, -0.15) is 5.10 Å². The van der Waals surface area contributed by atoms with E-state index in [1.807, 2.05) is 12.1 Å². The van der Waals surface area contributed by atoms with Gasteiger partial charge in [0.1, 0.15) is 23.7 Å². The van der Waals surface area contributed by atoms with E-state index in [9.17, 15) is 9.18 Å². The van der Waals surface area contributed by atoms with Crippen molar-refractivity contribution in [1.82, 2.24) is 25.1 Å². The summed E-state index contributed by atoms with van der Waals surface area (Å²) >= 11 is 0. The van der Waals surface area contributed by atoms with Crippen LogP contribution in [0.15, 0.2) is 59.6 Å². The number of benzene rings is 1. The van der Waals surface area contributed by atoms with Gasteiger partial charge in [-0.1, -0.05) is 12.1 Å². The topological polar surface area (TPSA) is 97.9 Å². The van der Waals surface area contributed by atoms with Crippen LogP contribution in [-0.4, -0.2) is 32.2 Å². The van der Waals surface area contributed by atoms with Gasteiger partial charge in [-0.3, -0.25) is 4.79 Å². The molecule has 2 N–H and O–H groups in total. The fourth-order valence-electron chi connectivity index (χ4n) is 2.80. The van der Waals surface area contributed by atoms with E-state index >= 15 is 0 Å². The molecule has 0 saturated heterocycles. The third-order valence-corrected chi connectivity index (χ3v) is 4.17. The largest absolute Gasteiger partial charge is 0.467 e. The van der Waals surface area contributed by atoms with Gasteiger partial charge >= 0.3 is 0 Å². The highest BCUT2D eigenvalue weighted by Crippen LogP contribution is 2.19. The summed E-state index contributed by atoms with van der Waals surface area (Å²) in [5.41, 5.74) is 0.650. The molecule has 0 atom stereocenters. The van der Waals surface area contributed by atoms with Gasteiger partial charge in [-0.05, 0) is 24.3 Å². The second-order valence-electron chi connectivity index (χ2n) is 6.00. The van der Waals surface area contributed by atoms with Crippen molar-refractivity contribution in [3.8, 4) is 0 Å². The summed E-state index contributed by atoms with van der Waals surface area (Å²) in [5, 5.41) is 11.0. The van der Waals surface area contributed by atoms with Crippen LogP contribution in [0.1, 0.15) is 16.1 Å². The third kappa shape index (κ3) is 3.68. The van der Waals surface area contributed by atoms with Crippen molar-refractivity contribution in [2.75, 3.05) is 11.9 Å². The van der Waals surface area contributed by atoms with Crippen LogP contribution < -0.4 is 10.6 Å². The van der Waals surface area contributed by atoms with Crippen LogP contribution in [0.3, 0.4) is 0 Å². The summed E-state index contributed by atoms with van der Waals surface area (Å²) < 4.78 is 20.6. The molecule has 3 heterocycles. The van der Waals surface area contributed by atoms with Crippen molar-refractivity contribution in [2.45, 2.75) is 13.1 Å². The number of carbonyl (C=O) groups excluding carboxylic acids is 1. The average Bonchev–Trinajstić information content (AvgIpc) is 3.37. The summed E-state index contributed by atoms with van der Waals surface area (Å²) in [6, 6.07) is 9.54. The first-order valence-corrected chi connectivity index (χ1v) is 8.68. The zero-order chi connectivity index (χ0) is 19.3. The summed E-state index contributed by atoms with van der Waals surface area (Å²) in [4.78, 5) is 20.6. The smallest absolute Gasteiger partial charge is 0.254 e. The molecule has 28 heavy (non-hydrogen) atoms.